The molecule has 2 atom stereocenters. The molecule has 2 aliphatic rings. The number of benzene rings is 1. The predicted octanol–water partition coefficient (Wildman–Crippen LogP) is 2.33. The Balaban J connectivity index is 1.51. The Morgan fingerprint density at radius 2 is 2.15 bits per heavy atom. The first-order valence-electron chi connectivity index (χ1n) is 9.29. The number of ether oxygens (including phenoxy) is 2. The van der Waals surface area contributed by atoms with Crippen LogP contribution in [-0.2, 0) is 29.4 Å². The average Bonchev–Trinajstić information content (AvgIpc) is 3.04. The third-order valence-electron chi connectivity index (χ3n) is 5.27. The molecule has 2 unspecified atom stereocenters. The number of anilines is 1. The fourth-order valence-electron chi connectivity index (χ4n) is 3.67. The van der Waals surface area contributed by atoms with Crippen LogP contribution >= 0.6 is 0 Å². The van der Waals surface area contributed by atoms with E-state index in [9.17, 15) is 5.11 Å². The third kappa shape index (κ3) is 3.77. The number of hydrogen-bond donors (Lipinski definition) is 2. The number of aliphatic imine (C=N–C) groups is 1. The minimum atomic E-state index is -0.347. The van der Waals surface area contributed by atoms with Crippen molar-refractivity contribution in [2.45, 2.75) is 38.6 Å². The SMILES string of the molecule is COC1N=CNc2c(CN3CCC3CO)cn(COCc3ccccc3)c21. The summed E-state index contributed by atoms with van der Waals surface area (Å²) >= 11 is 0. The second-order valence-electron chi connectivity index (χ2n) is 6.95. The Bertz CT molecular complexity index is 788. The Morgan fingerprint density at radius 3 is 2.85 bits per heavy atom. The van der Waals surface area contributed by atoms with Crippen molar-refractivity contribution in [3.05, 3.63) is 53.3 Å². The van der Waals surface area contributed by atoms with Crippen LogP contribution in [0.5, 0.6) is 0 Å². The fraction of sp³-hybridized carbons (Fsp3) is 0.450. The maximum absolute atomic E-state index is 9.46. The molecule has 7 heteroatoms. The lowest BCUT2D eigenvalue weighted by molar-refractivity contribution is 0.0354. The number of nitrogens with one attached hydrogen (secondary N) is 1. The summed E-state index contributed by atoms with van der Waals surface area (Å²) in [7, 11) is 1.66. The number of fused-ring (bicyclic) bond motifs is 1. The molecular weight excluding hydrogens is 344 g/mol. The summed E-state index contributed by atoms with van der Waals surface area (Å²) in [6.45, 7) is 2.99. The fourth-order valence-corrected chi connectivity index (χ4v) is 3.67. The molecule has 0 amide bonds. The van der Waals surface area contributed by atoms with Crippen LogP contribution in [0.3, 0.4) is 0 Å². The Hall–Kier alpha value is -2.19. The van der Waals surface area contributed by atoms with E-state index >= 15 is 0 Å². The average molecular weight is 370 g/mol. The minimum absolute atomic E-state index is 0.207. The molecule has 1 aromatic heterocycles. The maximum atomic E-state index is 9.46. The van der Waals surface area contributed by atoms with E-state index in [4.69, 9.17) is 9.47 Å². The Morgan fingerprint density at radius 1 is 1.30 bits per heavy atom. The van der Waals surface area contributed by atoms with Crippen molar-refractivity contribution in [2.75, 3.05) is 25.6 Å². The molecule has 2 aliphatic heterocycles. The molecule has 1 fully saturated rings. The van der Waals surface area contributed by atoms with Gasteiger partial charge in [-0.2, -0.15) is 0 Å². The molecular formula is C20H26N4O3. The zero-order valence-electron chi connectivity index (χ0n) is 15.5. The smallest absolute Gasteiger partial charge is 0.192 e. The van der Waals surface area contributed by atoms with Gasteiger partial charge in [-0.1, -0.05) is 30.3 Å². The number of methoxy groups -OCH3 is 1. The molecule has 0 saturated carbocycles. The quantitative estimate of drug-likeness (QED) is 0.746. The van der Waals surface area contributed by atoms with E-state index < -0.39 is 0 Å². The van der Waals surface area contributed by atoms with Crippen molar-refractivity contribution in [1.29, 1.82) is 0 Å². The summed E-state index contributed by atoms with van der Waals surface area (Å²) in [6.07, 6.45) is 4.50. The highest BCUT2D eigenvalue weighted by atomic mass is 16.5. The standard InChI is InChI=1S/C20H26N4O3/c1-26-20-19-18(21-13-22-20)16(9-23-8-7-17(23)11-25)10-24(19)14-27-12-15-5-3-2-4-6-15/h2-6,10,13,17,20,25H,7-9,11-12,14H2,1H3,(H,21,22). The number of nitrogens with zero attached hydrogens (tertiary/aromatic N) is 3. The molecule has 0 spiro atoms. The minimum Gasteiger partial charge on any atom is -0.395 e. The van der Waals surface area contributed by atoms with Gasteiger partial charge in [-0.3, -0.25) is 4.90 Å². The van der Waals surface area contributed by atoms with Gasteiger partial charge in [0.1, 0.15) is 6.73 Å². The van der Waals surface area contributed by atoms with E-state index in [0.717, 1.165) is 36.5 Å². The maximum Gasteiger partial charge on any atom is 0.192 e. The first kappa shape index (κ1) is 18.2. The van der Waals surface area contributed by atoms with Crippen LogP contribution in [0.15, 0.2) is 41.5 Å². The number of hydrogen-bond acceptors (Lipinski definition) is 6. The summed E-state index contributed by atoms with van der Waals surface area (Å²) in [4.78, 5) is 6.68. The van der Waals surface area contributed by atoms with Crippen LogP contribution in [0.1, 0.15) is 29.5 Å². The van der Waals surface area contributed by atoms with Crippen LogP contribution in [0, 0.1) is 0 Å². The van der Waals surface area contributed by atoms with E-state index in [1.165, 1.54) is 5.56 Å². The van der Waals surface area contributed by atoms with Gasteiger partial charge in [0.2, 0.25) is 0 Å². The molecule has 4 rings (SSSR count). The van der Waals surface area contributed by atoms with Crippen LogP contribution in [-0.4, -0.2) is 47.2 Å². The van der Waals surface area contributed by atoms with E-state index in [0.29, 0.717) is 13.3 Å². The zero-order chi connectivity index (χ0) is 18.6. The van der Waals surface area contributed by atoms with Gasteiger partial charge in [-0.25, -0.2) is 4.99 Å². The van der Waals surface area contributed by atoms with Gasteiger partial charge in [0.25, 0.3) is 0 Å². The van der Waals surface area contributed by atoms with Crippen LogP contribution in [0.25, 0.3) is 0 Å². The molecule has 1 aromatic carbocycles. The second-order valence-corrected chi connectivity index (χ2v) is 6.95. The largest absolute Gasteiger partial charge is 0.395 e. The third-order valence-corrected chi connectivity index (χ3v) is 5.27. The van der Waals surface area contributed by atoms with Gasteiger partial charge in [-0.05, 0) is 12.0 Å². The lowest BCUT2D eigenvalue weighted by Gasteiger charge is -2.39. The Labute approximate surface area is 159 Å². The van der Waals surface area contributed by atoms with Crippen molar-refractivity contribution in [1.82, 2.24) is 9.47 Å². The van der Waals surface area contributed by atoms with E-state index in [1.807, 2.05) is 18.2 Å². The highest BCUT2D eigenvalue weighted by Crippen LogP contribution is 2.35. The molecule has 27 heavy (non-hydrogen) atoms. The summed E-state index contributed by atoms with van der Waals surface area (Å²) in [6, 6.07) is 10.4. The number of aliphatic hydroxyl groups excluding tert-OH is 1. The van der Waals surface area contributed by atoms with Crippen molar-refractivity contribution in [3.63, 3.8) is 0 Å². The summed E-state index contributed by atoms with van der Waals surface area (Å²) in [5.74, 6) is 0. The monoisotopic (exact) mass is 370 g/mol. The van der Waals surface area contributed by atoms with Crippen LogP contribution in [0.4, 0.5) is 5.69 Å². The second kappa shape index (κ2) is 8.22. The number of aromatic nitrogens is 1. The highest BCUT2D eigenvalue weighted by molar-refractivity contribution is 5.81. The summed E-state index contributed by atoms with van der Waals surface area (Å²) in [5, 5.41) is 12.7. The first-order valence-corrected chi connectivity index (χ1v) is 9.29. The molecule has 7 nitrogen and oxygen atoms in total. The lowest BCUT2D eigenvalue weighted by atomic mass is 10.0. The van der Waals surface area contributed by atoms with Gasteiger partial charge in [0, 0.05) is 38.0 Å². The lowest BCUT2D eigenvalue weighted by Crippen LogP contribution is -2.49. The van der Waals surface area contributed by atoms with E-state index in [-0.39, 0.29) is 18.9 Å². The molecule has 3 heterocycles. The topological polar surface area (TPSA) is 71.2 Å². The molecule has 1 saturated heterocycles. The van der Waals surface area contributed by atoms with Gasteiger partial charge in [0.05, 0.1) is 30.9 Å². The summed E-state index contributed by atoms with van der Waals surface area (Å²) in [5.41, 5.74) is 4.32. The van der Waals surface area contributed by atoms with Gasteiger partial charge in [-0.15, -0.1) is 0 Å². The van der Waals surface area contributed by atoms with Gasteiger partial charge in [0.15, 0.2) is 6.23 Å². The normalized spacial score (nSPS) is 21.6. The molecule has 0 aliphatic carbocycles. The Kier molecular flexibility index (Phi) is 5.54. The zero-order valence-corrected chi connectivity index (χ0v) is 15.5. The molecule has 144 valence electrons. The molecule has 2 aromatic rings. The van der Waals surface area contributed by atoms with Crippen molar-refractivity contribution in [3.8, 4) is 0 Å². The van der Waals surface area contributed by atoms with E-state index in [1.54, 1.807) is 13.4 Å². The van der Waals surface area contributed by atoms with Crippen molar-refractivity contribution < 1.29 is 14.6 Å². The van der Waals surface area contributed by atoms with Gasteiger partial charge >= 0.3 is 0 Å². The van der Waals surface area contributed by atoms with Crippen LogP contribution in [0.2, 0.25) is 0 Å². The highest BCUT2D eigenvalue weighted by Gasteiger charge is 2.31. The van der Waals surface area contributed by atoms with Gasteiger partial charge < -0.3 is 24.5 Å². The van der Waals surface area contributed by atoms with E-state index in [2.05, 4.69) is 38.1 Å². The molecule has 2 N–H and O–H groups in total. The number of rotatable bonds is 8. The van der Waals surface area contributed by atoms with Crippen molar-refractivity contribution >= 4 is 12.0 Å². The predicted molar refractivity (Wildman–Crippen MR) is 103 cm³/mol. The number of likely N-dealkylation sites (tertiary alicyclic amines) is 1. The number of aliphatic hydroxyl groups is 1. The summed E-state index contributed by atoms with van der Waals surface area (Å²) < 4.78 is 13.6. The molecule has 0 radical (unpaired) electrons. The van der Waals surface area contributed by atoms with Crippen molar-refractivity contribution in [2.24, 2.45) is 4.99 Å². The first-order chi connectivity index (χ1) is 13.3. The van der Waals surface area contributed by atoms with Crippen LogP contribution < -0.4 is 5.32 Å². The molecule has 0 bridgehead atoms.